The van der Waals surface area contributed by atoms with E-state index in [4.69, 9.17) is 0 Å². The Bertz CT molecular complexity index is 1510. The second kappa shape index (κ2) is 12.4. The smallest absolute Gasteiger partial charge is 0.0858 e. The first-order valence-corrected chi connectivity index (χ1v) is 13.8. The molecule has 2 aliphatic carbocycles. The highest BCUT2D eigenvalue weighted by Crippen LogP contribution is 2.37. The highest BCUT2D eigenvalue weighted by Gasteiger charge is 2.20. The number of azo groups is 1. The van der Waals surface area contributed by atoms with Gasteiger partial charge in [0, 0.05) is 41.8 Å². The standard InChI is InChI=1S/C36H32N4/c1-3-16-31(17-4-1)37-38-32-22-24-34(25-23-32)40(33-18-5-2-6-19-33)36-21-11-20-35(26-36)39(27-29-12-7-8-13-29)28-30-14-9-10-15-30/h1-12,14,16-26H,13,15,27-28H2. The molecule has 0 N–H and O–H groups in total. The summed E-state index contributed by atoms with van der Waals surface area (Å²) in [5, 5.41) is 8.81. The number of hydrogen-bond donors (Lipinski definition) is 0. The third-order valence-corrected chi connectivity index (χ3v) is 7.10. The summed E-state index contributed by atoms with van der Waals surface area (Å²) in [6.45, 7) is 1.83. The quantitative estimate of drug-likeness (QED) is 0.195. The fourth-order valence-electron chi connectivity index (χ4n) is 5.08. The first kappa shape index (κ1) is 25.6. The van der Waals surface area contributed by atoms with Gasteiger partial charge in [0.2, 0.25) is 0 Å². The maximum atomic E-state index is 4.44. The van der Waals surface area contributed by atoms with Crippen molar-refractivity contribution in [3.05, 3.63) is 157 Å². The number of nitrogens with zero attached hydrogens (tertiary/aromatic N) is 4. The molecule has 196 valence electrons. The fraction of sp³-hybridized carbons (Fsp3) is 0.111. The van der Waals surface area contributed by atoms with Gasteiger partial charge < -0.3 is 9.80 Å². The summed E-state index contributed by atoms with van der Waals surface area (Å²) in [7, 11) is 0. The number of allylic oxidation sites excluding steroid dienone is 5. The van der Waals surface area contributed by atoms with Gasteiger partial charge in [0.15, 0.2) is 0 Å². The second-order valence-electron chi connectivity index (χ2n) is 10.0. The van der Waals surface area contributed by atoms with Gasteiger partial charge >= 0.3 is 0 Å². The molecule has 0 aromatic heterocycles. The van der Waals surface area contributed by atoms with Gasteiger partial charge in [0.05, 0.1) is 11.4 Å². The molecule has 4 aromatic rings. The zero-order valence-corrected chi connectivity index (χ0v) is 22.5. The highest BCUT2D eigenvalue weighted by molar-refractivity contribution is 5.79. The fourth-order valence-corrected chi connectivity index (χ4v) is 5.08. The van der Waals surface area contributed by atoms with Gasteiger partial charge in [-0.2, -0.15) is 10.2 Å². The molecule has 0 heterocycles. The molecule has 0 fully saturated rings. The summed E-state index contributed by atoms with van der Waals surface area (Å²) >= 11 is 0. The van der Waals surface area contributed by atoms with E-state index < -0.39 is 0 Å². The Balaban J connectivity index is 1.30. The first-order valence-electron chi connectivity index (χ1n) is 13.8. The molecule has 2 aliphatic rings. The summed E-state index contributed by atoms with van der Waals surface area (Å²) in [5.74, 6) is 1.44. The van der Waals surface area contributed by atoms with Crippen molar-refractivity contribution in [1.82, 2.24) is 0 Å². The molecule has 4 nitrogen and oxygen atoms in total. The van der Waals surface area contributed by atoms with Crippen molar-refractivity contribution >= 4 is 34.1 Å². The molecule has 0 bridgehead atoms. The Kier molecular flexibility index (Phi) is 7.95. The van der Waals surface area contributed by atoms with Gasteiger partial charge in [-0.1, -0.05) is 72.8 Å². The van der Waals surface area contributed by atoms with E-state index in [1.165, 1.54) is 17.2 Å². The monoisotopic (exact) mass is 520 g/mol. The average molecular weight is 521 g/mol. The van der Waals surface area contributed by atoms with Crippen LogP contribution >= 0.6 is 0 Å². The van der Waals surface area contributed by atoms with E-state index in [9.17, 15) is 0 Å². The molecule has 0 aliphatic heterocycles. The van der Waals surface area contributed by atoms with Gasteiger partial charge in [-0.25, -0.2) is 0 Å². The zero-order valence-electron chi connectivity index (χ0n) is 22.5. The van der Waals surface area contributed by atoms with Gasteiger partial charge in [0.25, 0.3) is 0 Å². The number of anilines is 4. The minimum absolute atomic E-state index is 0.817. The highest BCUT2D eigenvalue weighted by atomic mass is 15.2. The third-order valence-electron chi connectivity index (χ3n) is 7.10. The van der Waals surface area contributed by atoms with E-state index in [1.54, 1.807) is 0 Å². The van der Waals surface area contributed by atoms with Crippen LogP contribution < -0.4 is 9.80 Å². The van der Waals surface area contributed by atoms with Crippen LogP contribution in [-0.4, -0.2) is 13.1 Å². The Morgan fingerprint density at radius 1 is 0.550 bits per heavy atom. The normalized spacial score (nSPS) is 14.7. The molecule has 0 amide bonds. The minimum Gasteiger partial charge on any atom is -0.367 e. The summed E-state index contributed by atoms with van der Waals surface area (Å²) < 4.78 is 0. The number of para-hydroxylation sites is 1. The van der Waals surface area contributed by atoms with Crippen LogP contribution in [0.25, 0.3) is 0 Å². The van der Waals surface area contributed by atoms with Gasteiger partial charge in [-0.3, -0.25) is 0 Å². The lowest BCUT2D eigenvalue weighted by atomic mass is 10.0. The molecule has 2 radical (unpaired) electrons. The molecule has 40 heavy (non-hydrogen) atoms. The largest absolute Gasteiger partial charge is 0.367 e. The van der Waals surface area contributed by atoms with Crippen LogP contribution in [0.15, 0.2) is 155 Å². The van der Waals surface area contributed by atoms with Gasteiger partial charge in [0.1, 0.15) is 0 Å². The molecule has 0 unspecified atom stereocenters. The van der Waals surface area contributed by atoms with Crippen molar-refractivity contribution in [2.24, 2.45) is 10.2 Å². The van der Waals surface area contributed by atoms with Crippen LogP contribution in [0, 0.1) is 12.3 Å². The van der Waals surface area contributed by atoms with E-state index >= 15 is 0 Å². The van der Waals surface area contributed by atoms with E-state index in [-0.39, 0.29) is 0 Å². The van der Waals surface area contributed by atoms with Crippen molar-refractivity contribution in [3.8, 4) is 0 Å². The molecular weight excluding hydrogens is 488 g/mol. The van der Waals surface area contributed by atoms with Crippen molar-refractivity contribution in [1.29, 1.82) is 0 Å². The summed E-state index contributed by atoms with van der Waals surface area (Å²) in [6.07, 6.45) is 15.4. The van der Waals surface area contributed by atoms with Crippen molar-refractivity contribution in [2.75, 3.05) is 22.9 Å². The van der Waals surface area contributed by atoms with Crippen LogP contribution in [0.4, 0.5) is 34.1 Å². The van der Waals surface area contributed by atoms with Crippen LogP contribution in [0.5, 0.6) is 0 Å². The van der Waals surface area contributed by atoms with Gasteiger partial charge in [-0.05, 0) is 91.6 Å². The minimum atomic E-state index is 0.817. The molecule has 0 spiro atoms. The predicted molar refractivity (Wildman–Crippen MR) is 167 cm³/mol. The molecule has 6 rings (SSSR count). The van der Waals surface area contributed by atoms with E-state index in [0.29, 0.717) is 0 Å². The molecule has 4 heteroatoms. The Morgan fingerprint density at radius 2 is 1.20 bits per heavy atom. The lowest BCUT2D eigenvalue weighted by Gasteiger charge is -2.31. The molecule has 0 saturated carbocycles. The third kappa shape index (κ3) is 6.29. The van der Waals surface area contributed by atoms with Crippen LogP contribution in [0.1, 0.15) is 12.8 Å². The van der Waals surface area contributed by atoms with E-state index in [2.05, 4.69) is 124 Å². The van der Waals surface area contributed by atoms with E-state index in [1.807, 2.05) is 42.5 Å². The Labute approximate surface area is 237 Å². The Hall–Kier alpha value is -4.70. The maximum absolute atomic E-state index is 4.44. The Morgan fingerprint density at radius 3 is 1.90 bits per heavy atom. The number of rotatable bonds is 10. The summed E-state index contributed by atoms with van der Waals surface area (Å²) in [4.78, 5) is 4.80. The van der Waals surface area contributed by atoms with E-state index in [0.717, 1.165) is 54.4 Å². The van der Waals surface area contributed by atoms with Crippen molar-refractivity contribution in [3.63, 3.8) is 0 Å². The number of benzene rings is 4. The maximum Gasteiger partial charge on any atom is 0.0858 e. The summed E-state index contributed by atoms with van der Waals surface area (Å²) in [6, 6.07) is 37.5. The van der Waals surface area contributed by atoms with Crippen molar-refractivity contribution < 1.29 is 0 Å². The van der Waals surface area contributed by atoms with Crippen molar-refractivity contribution in [2.45, 2.75) is 12.8 Å². The van der Waals surface area contributed by atoms with Crippen LogP contribution in [0.3, 0.4) is 0 Å². The zero-order chi connectivity index (χ0) is 27.0. The lowest BCUT2D eigenvalue weighted by molar-refractivity contribution is 0.818. The van der Waals surface area contributed by atoms with Gasteiger partial charge in [-0.15, -0.1) is 0 Å². The molecule has 4 aromatic carbocycles. The lowest BCUT2D eigenvalue weighted by Crippen LogP contribution is -2.30. The topological polar surface area (TPSA) is 31.2 Å². The SMILES string of the molecule is [CH]1C=CC[C]1CN(CC1=CC=CC1)c1cccc(N(c2ccccc2)c2ccc(N=Nc3ccccc3)cc2)c1. The number of hydrogen-bond acceptors (Lipinski definition) is 4. The molecule has 0 saturated heterocycles. The first-order chi connectivity index (χ1) is 19.8. The average Bonchev–Trinajstić information content (AvgIpc) is 3.73. The summed E-state index contributed by atoms with van der Waals surface area (Å²) in [5.41, 5.74) is 7.60. The predicted octanol–water partition coefficient (Wildman–Crippen LogP) is 10.0. The molecular formula is C36H32N4. The molecule has 0 atom stereocenters. The second-order valence-corrected chi connectivity index (χ2v) is 10.0. The van der Waals surface area contributed by atoms with Crippen LogP contribution in [0.2, 0.25) is 0 Å². The van der Waals surface area contributed by atoms with Crippen LogP contribution in [-0.2, 0) is 0 Å².